The van der Waals surface area contributed by atoms with Gasteiger partial charge < -0.3 is 10.4 Å². The van der Waals surface area contributed by atoms with E-state index >= 15 is 0 Å². The Kier molecular flexibility index (Phi) is 7.64. The highest BCUT2D eigenvalue weighted by molar-refractivity contribution is 6.31. The van der Waals surface area contributed by atoms with Gasteiger partial charge in [0.25, 0.3) is 0 Å². The highest BCUT2D eigenvalue weighted by Gasteiger charge is 2.39. The van der Waals surface area contributed by atoms with Crippen molar-refractivity contribution in [1.29, 1.82) is 0 Å². The van der Waals surface area contributed by atoms with Crippen molar-refractivity contribution in [1.82, 2.24) is 5.32 Å². The number of carboxylic acid groups (broad SMARTS) is 1. The van der Waals surface area contributed by atoms with Gasteiger partial charge in [0.2, 0.25) is 5.91 Å². The second-order valence-electron chi connectivity index (χ2n) is 8.43. The first-order valence-corrected chi connectivity index (χ1v) is 11.8. The molecule has 1 amide bonds. The molecule has 4 aromatic carbocycles. The van der Waals surface area contributed by atoms with E-state index < -0.39 is 17.4 Å². The summed E-state index contributed by atoms with van der Waals surface area (Å²) in [5, 5.41) is 13.1. The molecule has 0 saturated carbocycles. The van der Waals surface area contributed by atoms with Crippen molar-refractivity contribution in [2.45, 2.75) is 24.3 Å². The van der Waals surface area contributed by atoms with Gasteiger partial charge in [-0.3, -0.25) is 4.79 Å². The molecule has 0 aliphatic heterocycles. The number of benzene rings is 4. The summed E-state index contributed by atoms with van der Waals surface area (Å²) in [4.78, 5) is 25.6. The van der Waals surface area contributed by atoms with E-state index in [2.05, 4.69) is 5.32 Å². The van der Waals surface area contributed by atoms with Crippen LogP contribution in [0.3, 0.4) is 0 Å². The first kappa shape index (κ1) is 24.2. The van der Waals surface area contributed by atoms with Gasteiger partial charge in [-0.05, 0) is 28.3 Å². The predicted octanol–water partition coefficient (Wildman–Crippen LogP) is 5.88. The molecular formula is C30H26ClNO3. The molecule has 0 aliphatic carbocycles. The largest absolute Gasteiger partial charge is 0.480 e. The van der Waals surface area contributed by atoms with Crippen LogP contribution < -0.4 is 5.32 Å². The molecule has 35 heavy (non-hydrogen) atoms. The molecule has 0 bridgehead atoms. The van der Waals surface area contributed by atoms with Gasteiger partial charge in [0.15, 0.2) is 0 Å². The fourth-order valence-electron chi connectivity index (χ4n) is 4.54. The Morgan fingerprint density at radius 1 is 0.714 bits per heavy atom. The van der Waals surface area contributed by atoms with Crippen molar-refractivity contribution < 1.29 is 14.7 Å². The highest BCUT2D eigenvalue weighted by Crippen LogP contribution is 2.42. The minimum Gasteiger partial charge on any atom is -0.480 e. The summed E-state index contributed by atoms with van der Waals surface area (Å²) in [6.45, 7) is 0. The Morgan fingerprint density at radius 2 is 1.14 bits per heavy atom. The molecular weight excluding hydrogens is 458 g/mol. The SMILES string of the molecule is O=C(CC(c1ccccc1)(c1ccccc1)c1ccccc1)N[C@@H](Cc1ccccc1Cl)C(=O)O. The Morgan fingerprint density at radius 3 is 1.57 bits per heavy atom. The van der Waals surface area contributed by atoms with E-state index in [0.29, 0.717) is 10.6 Å². The van der Waals surface area contributed by atoms with E-state index in [9.17, 15) is 14.7 Å². The normalized spacial score (nSPS) is 12.0. The van der Waals surface area contributed by atoms with E-state index in [1.54, 1.807) is 24.3 Å². The molecule has 0 aromatic heterocycles. The van der Waals surface area contributed by atoms with Crippen LogP contribution >= 0.6 is 11.6 Å². The van der Waals surface area contributed by atoms with E-state index in [-0.39, 0.29) is 18.7 Å². The molecule has 0 radical (unpaired) electrons. The van der Waals surface area contributed by atoms with Gasteiger partial charge in [0.1, 0.15) is 6.04 Å². The lowest BCUT2D eigenvalue weighted by Crippen LogP contribution is -2.45. The summed E-state index contributed by atoms with van der Waals surface area (Å²) in [6, 6.07) is 35.5. The van der Waals surface area contributed by atoms with Gasteiger partial charge in [-0.2, -0.15) is 0 Å². The van der Waals surface area contributed by atoms with Crippen molar-refractivity contribution >= 4 is 23.5 Å². The van der Waals surface area contributed by atoms with Crippen molar-refractivity contribution in [3.63, 3.8) is 0 Å². The van der Waals surface area contributed by atoms with Crippen LogP contribution in [-0.4, -0.2) is 23.0 Å². The Balaban J connectivity index is 1.74. The molecule has 4 aromatic rings. The van der Waals surface area contributed by atoms with Crippen LogP contribution in [0.15, 0.2) is 115 Å². The first-order valence-electron chi connectivity index (χ1n) is 11.4. The third-order valence-corrected chi connectivity index (χ3v) is 6.61. The fraction of sp³-hybridized carbons (Fsp3) is 0.133. The number of carboxylic acids is 1. The lowest BCUT2D eigenvalue weighted by Gasteiger charge is -2.36. The fourth-order valence-corrected chi connectivity index (χ4v) is 4.76. The standard InChI is InChI=1S/C30H26ClNO3/c31-26-19-11-10-12-22(26)20-27(29(34)35)32-28(33)21-30(23-13-4-1-5-14-23,24-15-6-2-7-16-24)25-17-8-3-9-18-25/h1-19,27H,20-21H2,(H,32,33)(H,34,35)/t27-/m0/s1. The number of amides is 1. The number of nitrogens with one attached hydrogen (secondary N) is 1. The van der Waals surface area contributed by atoms with E-state index in [1.165, 1.54) is 0 Å². The molecule has 1 atom stereocenters. The monoisotopic (exact) mass is 483 g/mol. The Hall–Kier alpha value is -3.89. The summed E-state index contributed by atoms with van der Waals surface area (Å²) in [5.74, 6) is -1.47. The molecule has 0 fully saturated rings. The molecule has 0 aliphatic rings. The van der Waals surface area contributed by atoms with Crippen LogP contribution in [0.2, 0.25) is 5.02 Å². The van der Waals surface area contributed by atoms with Crippen LogP contribution in [0.4, 0.5) is 0 Å². The maximum atomic E-state index is 13.6. The van der Waals surface area contributed by atoms with Gasteiger partial charge in [-0.15, -0.1) is 0 Å². The number of hydrogen-bond acceptors (Lipinski definition) is 2. The number of carbonyl (C=O) groups excluding carboxylic acids is 1. The summed E-state index contributed by atoms with van der Waals surface area (Å²) >= 11 is 6.25. The molecule has 4 rings (SSSR count). The minimum atomic E-state index is -1.11. The zero-order valence-electron chi connectivity index (χ0n) is 19.1. The molecule has 5 heteroatoms. The van der Waals surface area contributed by atoms with Crippen molar-refractivity contribution in [3.8, 4) is 0 Å². The molecule has 0 heterocycles. The van der Waals surface area contributed by atoms with Gasteiger partial charge in [0.05, 0.1) is 5.41 Å². The van der Waals surface area contributed by atoms with Crippen LogP contribution in [0.5, 0.6) is 0 Å². The van der Waals surface area contributed by atoms with Crippen molar-refractivity contribution in [2.75, 3.05) is 0 Å². The molecule has 176 valence electrons. The Bertz CT molecular complexity index is 1180. The van der Waals surface area contributed by atoms with Crippen LogP contribution in [-0.2, 0) is 21.4 Å². The number of aliphatic carboxylic acids is 1. The van der Waals surface area contributed by atoms with E-state index in [0.717, 1.165) is 16.7 Å². The van der Waals surface area contributed by atoms with Crippen LogP contribution in [0, 0.1) is 0 Å². The summed E-state index contributed by atoms with van der Waals surface area (Å²) in [5.41, 5.74) is 2.71. The first-order chi connectivity index (χ1) is 17.0. The summed E-state index contributed by atoms with van der Waals surface area (Å²) in [6.07, 6.45) is 0.132. The van der Waals surface area contributed by atoms with E-state index in [1.807, 2.05) is 91.0 Å². The average Bonchev–Trinajstić information content (AvgIpc) is 2.89. The molecule has 0 saturated heterocycles. The van der Waals surface area contributed by atoms with Crippen molar-refractivity contribution in [3.05, 3.63) is 143 Å². The average molecular weight is 484 g/mol. The second kappa shape index (κ2) is 11.0. The number of halogens is 1. The smallest absolute Gasteiger partial charge is 0.326 e. The lowest BCUT2D eigenvalue weighted by atomic mass is 9.67. The van der Waals surface area contributed by atoms with Gasteiger partial charge in [-0.25, -0.2) is 4.79 Å². The van der Waals surface area contributed by atoms with Crippen LogP contribution in [0.25, 0.3) is 0 Å². The second-order valence-corrected chi connectivity index (χ2v) is 8.84. The number of hydrogen-bond donors (Lipinski definition) is 2. The van der Waals surface area contributed by atoms with Gasteiger partial charge >= 0.3 is 5.97 Å². The van der Waals surface area contributed by atoms with Crippen LogP contribution in [0.1, 0.15) is 28.7 Å². The third-order valence-electron chi connectivity index (χ3n) is 6.24. The maximum absolute atomic E-state index is 13.6. The minimum absolute atomic E-state index is 0.0390. The Labute approximate surface area is 210 Å². The molecule has 2 N–H and O–H groups in total. The number of rotatable bonds is 9. The molecule has 0 spiro atoms. The molecule has 4 nitrogen and oxygen atoms in total. The number of carbonyl (C=O) groups is 2. The summed E-state index contributed by atoms with van der Waals surface area (Å²) in [7, 11) is 0. The zero-order valence-corrected chi connectivity index (χ0v) is 19.9. The lowest BCUT2D eigenvalue weighted by molar-refractivity contribution is -0.141. The van der Waals surface area contributed by atoms with Crippen molar-refractivity contribution in [2.24, 2.45) is 0 Å². The summed E-state index contributed by atoms with van der Waals surface area (Å²) < 4.78 is 0. The van der Waals surface area contributed by atoms with E-state index in [4.69, 9.17) is 11.6 Å². The zero-order chi connectivity index (χ0) is 24.7. The topological polar surface area (TPSA) is 66.4 Å². The van der Waals surface area contributed by atoms with Gasteiger partial charge in [0, 0.05) is 17.9 Å². The highest BCUT2D eigenvalue weighted by atomic mass is 35.5. The maximum Gasteiger partial charge on any atom is 0.326 e. The third kappa shape index (κ3) is 5.44. The predicted molar refractivity (Wildman–Crippen MR) is 139 cm³/mol. The van der Waals surface area contributed by atoms with Gasteiger partial charge in [-0.1, -0.05) is 121 Å². The molecule has 0 unspecified atom stereocenters. The quantitative estimate of drug-likeness (QED) is 0.292.